The Labute approximate surface area is 126 Å². The minimum Gasteiger partial charge on any atom is -0.460 e. The number of hydrogen-bond acceptors (Lipinski definition) is 3. The molecule has 1 unspecified atom stereocenters. The lowest BCUT2D eigenvalue weighted by atomic mass is 9.99. The maximum Gasteiger partial charge on any atom is 0.134 e. The van der Waals surface area contributed by atoms with Crippen LogP contribution in [0.1, 0.15) is 31.4 Å². The van der Waals surface area contributed by atoms with Gasteiger partial charge in [-0.1, -0.05) is 24.6 Å². The summed E-state index contributed by atoms with van der Waals surface area (Å²) in [6.07, 6.45) is 5.00. The van der Waals surface area contributed by atoms with Gasteiger partial charge in [0.15, 0.2) is 0 Å². The summed E-state index contributed by atoms with van der Waals surface area (Å²) in [7, 11) is 0. The number of furan rings is 1. The van der Waals surface area contributed by atoms with Gasteiger partial charge in [0, 0.05) is 11.4 Å². The summed E-state index contributed by atoms with van der Waals surface area (Å²) in [4.78, 5) is 2.54. The Hall–Kier alpha value is -1.03. The number of benzene rings is 1. The first-order valence-corrected chi connectivity index (χ1v) is 7.28. The maximum absolute atomic E-state index is 5.92. The van der Waals surface area contributed by atoms with Gasteiger partial charge in [0.2, 0.25) is 0 Å². The zero-order chi connectivity index (χ0) is 13.1. The third kappa shape index (κ3) is 3.35. The number of hydrogen-bond donors (Lipinski definition) is 1. The minimum atomic E-state index is 0. The first kappa shape index (κ1) is 15.4. The molecule has 20 heavy (non-hydrogen) atoms. The van der Waals surface area contributed by atoms with Crippen molar-refractivity contribution < 1.29 is 4.42 Å². The second kappa shape index (κ2) is 7.11. The molecular formula is C16H23ClN2O. The number of nitrogens with two attached hydrogens (primary N) is 1. The molecule has 0 radical (unpaired) electrons. The predicted molar refractivity (Wildman–Crippen MR) is 85.2 cm³/mol. The number of rotatable bonds is 4. The van der Waals surface area contributed by atoms with Gasteiger partial charge in [-0.2, -0.15) is 0 Å². The fourth-order valence-corrected chi connectivity index (χ4v) is 3.10. The van der Waals surface area contributed by atoms with Crippen LogP contribution in [-0.4, -0.2) is 24.0 Å². The Morgan fingerprint density at radius 3 is 2.90 bits per heavy atom. The summed E-state index contributed by atoms with van der Waals surface area (Å²) in [5.41, 5.74) is 6.72. The van der Waals surface area contributed by atoms with Crippen molar-refractivity contribution in [3.8, 4) is 0 Å². The van der Waals surface area contributed by atoms with Gasteiger partial charge in [0.25, 0.3) is 0 Å². The van der Waals surface area contributed by atoms with Crippen molar-refractivity contribution in [1.82, 2.24) is 4.90 Å². The summed E-state index contributed by atoms with van der Waals surface area (Å²) in [5, 5.41) is 1.20. The molecule has 3 nitrogen and oxygen atoms in total. The molecule has 0 bridgehead atoms. The lowest BCUT2D eigenvalue weighted by molar-refractivity contribution is 0.125. The molecule has 1 fully saturated rings. The van der Waals surface area contributed by atoms with Gasteiger partial charge >= 0.3 is 0 Å². The molecule has 3 rings (SSSR count). The summed E-state index contributed by atoms with van der Waals surface area (Å²) >= 11 is 0. The fraction of sp³-hybridized carbons (Fsp3) is 0.500. The van der Waals surface area contributed by atoms with Crippen LogP contribution in [0.4, 0.5) is 0 Å². The first-order valence-electron chi connectivity index (χ1n) is 7.28. The van der Waals surface area contributed by atoms with Gasteiger partial charge in [-0.25, -0.2) is 0 Å². The van der Waals surface area contributed by atoms with Crippen molar-refractivity contribution in [2.75, 3.05) is 13.1 Å². The quantitative estimate of drug-likeness (QED) is 0.937. The number of fused-ring (bicyclic) bond motifs is 1. The standard InChI is InChI=1S/C16H22N2O.ClH/c17-9-8-14-6-3-4-10-18(14)12-15-11-13-5-1-2-7-16(13)19-15;/h1-2,5,7,11,14H,3-4,6,8-10,12,17H2;1H. The van der Waals surface area contributed by atoms with Crippen molar-refractivity contribution >= 4 is 23.4 Å². The van der Waals surface area contributed by atoms with Crippen LogP contribution in [0.2, 0.25) is 0 Å². The van der Waals surface area contributed by atoms with Crippen LogP contribution in [0.15, 0.2) is 34.7 Å². The molecule has 110 valence electrons. The van der Waals surface area contributed by atoms with E-state index in [4.69, 9.17) is 10.2 Å². The molecule has 2 heterocycles. The summed E-state index contributed by atoms with van der Waals surface area (Å²) in [5.74, 6) is 1.07. The van der Waals surface area contributed by atoms with Crippen molar-refractivity contribution in [2.24, 2.45) is 5.73 Å². The van der Waals surface area contributed by atoms with Crippen molar-refractivity contribution in [3.63, 3.8) is 0 Å². The Bertz CT molecular complexity index is 505. The predicted octanol–water partition coefficient (Wildman–Crippen LogP) is 3.56. The van der Waals surface area contributed by atoms with Crippen LogP contribution in [0.3, 0.4) is 0 Å². The maximum atomic E-state index is 5.92. The highest BCUT2D eigenvalue weighted by Gasteiger charge is 2.22. The van der Waals surface area contributed by atoms with Gasteiger partial charge in [-0.3, -0.25) is 4.90 Å². The van der Waals surface area contributed by atoms with Crippen molar-refractivity contribution in [3.05, 3.63) is 36.1 Å². The lowest BCUT2D eigenvalue weighted by Gasteiger charge is -2.34. The molecule has 0 aliphatic carbocycles. The molecule has 4 heteroatoms. The Morgan fingerprint density at radius 2 is 2.10 bits per heavy atom. The number of piperidine rings is 1. The van der Waals surface area contributed by atoms with Gasteiger partial charge < -0.3 is 10.2 Å². The van der Waals surface area contributed by atoms with Gasteiger partial charge in [-0.05, 0) is 44.5 Å². The van der Waals surface area contributed by atoms with Crippen LogP contribution in [-0.2, 0) is 6.54 Å². The van der Waals surface area contributed by atoms with E-state index in [1.165, 1.54) is 31.2 Å². The number of halogens is 1. The van der Waals surface area contributed by atoms with E-state index in [1.54, 1.807) is 0 Å². The lowest BCUT2D eigenvalue weighted by Crippen LogP contribution is -2.39. The molecule has 1 atom stereocenters. The molecule has 2 aromatic rings. The smallest absolute Gasteiger partial charge is 0.134 e. The summed E-state index contributed by atoms with van der Waals surface area (Å²) < 4.78 is 5.92. The molecular weight excluding hydrogens is 272 g/mol. The molecule has 0 saturated carbocycles. The number of para-hydroxylation sites is 1. The van der Waals surface area contributed by atoms with Crippen LogP contribution in [0, 0.1) is 0 Å². The highest BCUT2D eigenvalue weighted by atomic mass is 35.5. The van der Waals surface area contributed by atoms with E-state index in [-0.39, 0.29) is 12.4 Å². The van der Waals surface area contributed by atoms with E-state index in [0.29, 0.717) is 6.04 Å². The van der Waals surface area contributed by atoms with Crippen LogP contribution < -0.4 is 5.73 Å². The van der Waals surface area contributed by atoms with E-state index >= 15 is 0 Å². The second-order valence-corrected chi connectivity index (χ2v) is 5.45. The fourth-order valence-electron chi connectivity index (χ4n) is 3.10. The van der Waals surface area contributed by atoms with Crippen LogP contribution in [0.5, 0.6) is 0 Å². The Kier molecular flexibility index (Phi) is 5.46. The first-order chi connectivity index (χ1) is 9.36. The van der Waals surface area contributed by atoms with Crippen LogP contribution in [0.25, 0.3) is 11.0 Å². The van der Waals surface area contributed by atoms with Crippen molar-refractivity contribution in [2.45, 2.75) is 38.3 Å². The molecule has 0 spiro atoms. The molecule has 1 saturated heterocycles. The van der Waals surface area contributed by atoms with Crippen LogP contribution >= 0.6 is 12.4 Å². The molecule has 0 amide bonds. The van der Waals surface area contributed by atoms with E-state index in [9.17, 15) is 0 Å². The highest BCUT2D eigenvalue weighted by molar-refractivity contribution is 5.85. The Balaban J connectivity index is 0.00000147. The minimum absolute atomic E-state index is 0. The van der Waals surface area contributed by atoms with E-state index in [0.717, 1.165) is 30.9 Å². The average Bonchev–Trinajstić information content (AvgIpc) is 2.83. The number of nitrogens with zero attached hydrogens (tertiary/aromatic N) is 1. The van der Waals surface area contributed by atoms with Gasteiger partial charge in [-0.15, -0.1) is 12.4 Å². The molecule has 1 aromatic heterocycles. The second-order valence-electron chi connectivity index (χ2n) is 5.45. The topological polar surface area (TPSA) is 42.4 Å². The van der Waals surface area contributed by atoms with Gasteiger partial charge in [0.05, 0.1) is 6.54 Å². The zero-order valence-corrected chi connectivity index (χ0v) is 12.6. The summed E-state index contributed by atoms with van der Waals surface area (Å²) in [6.45, 7) is 2.86. The average molecular weight is 295 g/mol. The van der Waals surface area contributed by atoms with E-state index in [2.05, 4.69) is 23.1 Å². The van der Waals surface area contributed by atoms with Crippen molar-refractivity contribution in [1.29, 1.82) is 0 Å². The molecule has 1 aromatic carbocycles. The van der Waals surface area contributed by atoms with E-state index in [1.807, 2.05) is 12.1 Å². The molecule has 1 aliphatic heterocycles. The normalized spacial score (nSPS) is 19.9. The monoisotopic (exact) mass is 294 g/mol. The number of likely N-dealkylation sites (tertiary alicyclic amines) is 1. The van der Waals surface area contributed by atoms with Gasteiger partial charge in [0.1, 0.15) is 11.3 Å². The molecule has 1 aliphatic rings. The zero-order valence-electron chi connectivity index (χ0n) is 11.8. The summed E-state index contributed by atoms with van der Waals surface area (Å²) in [6, 6.07) is 11.0. The third-order valence-corrected chi connectivity index (χ3v) is 4.08. The largest absolute Gasteiger partial charge is 0.460 e. The third-order valence-electron chi connectivity index (χ3n) is 4.08. The Morgan fingerprint density at radius 1 is 1.25 bits per heavy atom. The molecule has 2 N–H and O–H groups in total. The highest BCUT2D eigenvalue weighted by Crippen LogP contribution is 2.24. The van der Waals surface area contributed by atoms with E-state index < -0.39 is 0 Å². The SMILES string of the molecule is Cl.NCCC1CCCCN1Cc1cc2ccccc2o1.